The van der Waals surface area contributed by atoms with Gasteiger partial charge in [0.15, 0.2) is 5.69 Å². The molecule has 0 unspecified atom stereocenters. The fourth-order valence-electron chi connectivity index (χ4n) is 1.98. The van der Waals surface area contributed by atoms with Gasteiger partial charge in [-0.1, -0.05) is 18.2 Å². The summed E-state index contributed by atoms with van der Waals surface area (Å²) in [5.41, 5.74) is -0.563. The Morgan fingerprint density at radius 1 is 1.25 bits per heavy atom. The summed E-state index contributed by atoms with van der Waals surface area (Å²) < 4.78 is 39.3. The molecule has 0 saturated heterocycles. The van der Waals surface area contributed by atoms with Crippen molar-refractivity contribution in [2.75, 3.05) is 19.6 Å². The zero-order chi connectivity index (χ0) is 17.6. The molecule has 1 amide bonds. The van der Waals surface area contributed by atoms with Crippen LogP contribution in [0.1, 0.15) is 29.4 Å². The van der Waals surface area contributed by atoms with E-state index < -0.39 is 17.6 Å². The highest BCUT2D eigenvalue weighted by molar-refractivity contribution is 5.91. The number of amides is 1. The average Bonchev–Trinajstić information content (AvgIpc) is 3.04. The predicted octanol–water partition coefficient (Wildman–Crippen LogP) is 2.02. The molecule has 0 bridgehead atoms. The molecule has 0 aliphatic carbocycles. The number of benzene rings is 1. The largest absolute Gasteiger partial charge is 0.416 e. The lowest BCUT2D eigenvalue weighted by molar-refractivity contribution is -0.137. The smallest absolute Gasteiger partial charge is 0.349 e. The summed E-state index contributed by atoms with van der Waals surface area (Å²) in [5.74, 6) is -0.425. The lowest BCUT2D eigenvalue weighted by Gasteiger charge is -2.08. The van der Waals surface area contributed by atoms with Gasteiger partial charge in [0.2, 0.25) is 0 Å². The van der Waals surface area contributed by atoms with Gasteiger partial charge in [-0.3, -0.25) is 4.79 Å². The van der Waals surface area contributed by atoms with Crippen LogP contribution in [-0.4, -0.2) is 40.5 Å². The van der Waals surface area contributed by atoms with E-state index in [1.165, 1.54) is 18.3 Å². The number of nitrogens with one attached hydrogen (secondary N) is 2. The van der Waals surface area contributed by atoms with Crippen LogP contribution < -0.4 is 10.6 Å². The molecule has 2 aromatic rings. The summed E-state index contributed by atoms with van der Waals surface area (Å²) in [5, 5.41) is 13.2. The third kappa shape index (κ3) is 4.79. The molecule has 1 heterocycles. The Kier molecular flexibility index (Phi) is 5.91. The maximum absolute atomic E-state index is 12.7. The lowest BCUT2D eigenvalue weighted by Crippen LogP contribution is -2.32. The van der Waals surface area contributed by atoms with Crippen LogP contribution in [-0.2, 0) is 6.18 Å². The lowest BCUT2D eigenvalue weighted by atomic mass is 10.2. The molecule has 9 heteroatoms. The van der Waals surface area contributed by atoms with E-state index in [1.54, 1.807) is 0 Å². The molecule has 2 rings (SSSR count). The van der Waals surface area contributed by atoms with Crippen molar-refractivity contribution in [2.45, 2.75) is 19.5 Å². The van der Waals surface area contributed by atoms with Gasteiger partial charge in [0.25, 0.3) is 5.91 Å². The number of carbonyl (C=O) groups is 1. The monoisotopic (exact) mass is 341 g/mol. The highest BCUT2D eigenvalue weighted by Gasteiger charge is 2.30. The number of carbonyl (C=O) groups excluding carboxylic acids is 1. The highest BCUT2D eigenvalue weighted by atomic mass is 19.4. The molecule has 130 valence electrons. The Morgan fingerprint density at radius 2 is 2.04 bits per heavy atom. The maximum Gasteiger partial charge on any atom is 0.416 e. The molecule has 0 spiro atoms. The van der Waals surface area contributed by atoms with E-state index in [0.717, 1.165) is 29.8 Å². The summed E-state index contributed by atoms with van der Waals surface area (Å²) in [4.78, 5) is 11.9. The molecule has 0 aliphatic heterocycles. The predicted molar refractivity (Wildman–Crippen MR) is 81.9 cm³/mol. The van der Waals surface area contributed by atoms with E-state index in [2.05, 4.69) is 20.9 Å². The molecule has 2 N–H and O–H groups in total. The van der Waals surface area contributed by atoms with Crippen LogP contribution in [0.3, 0.4) is 0 Å². The van der Waals surface area contributed by atoms with Crippen molar-refractivity contribution in [3.05, 3.63) is 41.7 Å². The molecule has 1 aromatic carbocycles. The van der Waals surface area contributed by atoms with Gasteiger partial charge in [-0.15, -0.1) is 5.10 Å². The molecule has 0 saturated carbocycles. The first-order valence-electron chi connectivity index (χ1n) is 7.50. The maximum atomic E-state index is 12.7. The summed E-state index contributed by atoms with van der Waals surface area (Å²) in [6, 6.07) is 4.65. The van der Waals surface area contributed by atoms with Gasteiger partial charge in [-0.05, 0) is 31.2 Å². The van der Waals surface area contributed by atoms with Crippen LogP contribution in [0.15, 0.2) is 30.5 Å². The van der Waals surface area contributed by atoms with Gasteiger partial charge in [-0.2, -0.15) is 13.2 Å². The van der Waals surface area contributed by atoms with Crippen LogP contribution in [0, 0.1) is 0 Å². The second-order valence-corrected chi connectivity index (χ2v) is 5.10. The van der Waals surface area contributed by atoms with E-state index in [-0.39, 0.29) is 11.4 Å². The first kappa shape index (κ1) is 17.9. The molecular weight excluding hydrogens is 323 g/mol. The summed E-state index contributed by atoms with van der Waals surface area (Å²) in [6.07, 6.45) is -2.15. The second kappa shape index (κ2) is 7.91. The van der Waals surface area contributed by atoms with E-state index in [4.69, 9.17) is 0 Å². The third-order valence-corrected chi connectivity index (χ3v) is 3.18. The molecule has 6 nitrogen and oxygen atoms in total. The number of alkyl halides is 3. The zero-order valence-corrected chi connectivity index (χ0v) is 13.1. The van der Waals surface area contributed by atoms with E-state index >= 15 is 0 Å². The zero-order valence-electron chi connectivity index (χ0n) is 13.1. The van der Waals surface area contributed by atoms with Gasteiger partial charge in [0.1, 0.15) is 0 Å². The first-order valence-corrected chi connectivity index (χ1v) is 7.50. The standard InChI is InChI=1S/C15H18F3N5O/c1-2-6-19-7-8-20-14(24)13-10-23(22-21-13)12-5-3-4-11(9-12)15(16,17)18/h3-5,9-10,19H,2,6-8H2,1H3,(H,20,24). The highest BCUT2D eigenvalue weighted by Crippen LogP contribution is 2.30. The number of aromatic nitrogens is 3. The van der Waals surface area contributed by atoms with Crippen molar-refractivity contribution in [2.24, 2.45) is 0 Å². The Morgan fingerprint density at radius 3 is 2.75 bits per heavy atom. The third-order valence-electron chi connectivity index (χ3n) is 3.18. The van der Waals surface area contributed by atoms with Crippen molar-refractivity contribution >= 4 is 5.91 Å². The summed E-state index contributed by atoms with van der Waals surface area (Å²) in [6.45, 7) is 3.95. The van der Waals surface area contributed by atoms with Crippen LogP contribution in [0.2, 0.25) is 0 Å². The van der Waals surface area contributed by atoms with Crippen molar-refractivity contribution in [1.29, 1.82) is 0 Å². The molecule has 24 heavy (non-hydrogen) atoms. The molecular formula is C15H18F3N5O. The summed E-state index contributed by atoms with van der Waals surface area (Å²) in [7, 11) is 0. The van der Waals surface area contributed by atoms with Crippen LogP contribution in [0.25, 0.3) is 5.69 Å². The van der Waals surface area contributed by atoms with Crippen molar-refractivity contribution in [1.82, 2.24) is 25.6 Å². The number of hydrogen-bond donors (Lipinski definition) is 2. The van der Waals surface area contributed by atoms with Gasteiger partial charge in [0.05, 0.1) is 17.4 Å². The quantitative estimate of drug-likeness (QED) is 0.756. The van der Waals surface area contributed by atoms with Crippen molar-refractivity contribution in [3.8, 4) is 5.69 Å². The number of halogens is 3. The number of rotatable bonds is 7. The molecule has 0 aliphatic rings. The minimum atomic E-state index is -4.44. The van der Waals surface area contributed by atoms with E-state index in [9.17, 15) is 18.0 Å². The second-order valence-electron chi connectivity index (χ2n) is 5.10. The topological polar surface area (TPSA) is 71.8 Å². The number of nitrogens with zero attached hydrogens (tertiary/aromatic N) is 3. The van der Waals surface area contributed by atoms with Crippen LogP contribution >= 0.6 is 0 Å². The minimum absolute atomic E-state index is 0.0444. The Hall–Kier alpha value is -2.42. The van der Waals surface area contributed by atoms with Crippen molar-refractivity contribution in [3.63, 3.8) is 0 Å². The SMILES string of the molecule is CCCNCCNC(=O)c1cn(-c2cccc(C(F)(F)F)c2)nn1. The van der Waals surface area contributed by atoms with Gasteiger partial charge >= 0.3 is 6.18 Å². The minimum Gasteiger partial charge on any atom is -0.349 e. The Balaban J connectivity index is 2.01. The first-order chi connectivity index (χ1) is 11.4. The summed E-state index contributed by atoms with van der Waals surface area (Å²) >= 11 is 0. The Labute approximate surface area is 137 Å². The van der Waals surface area contributed by atoms with Crippen LogP contribution in [0.5, 0.6) is 0 Å². The van der Waals surface area contributed by atoms with E-state index in [1.807, 2.05) is 6.92 Å². The van der Waals surface area contributed by atoms with Crippen molar-refractivity contribution < 1.29 is 18.0 Å². The fourth-order valence-corrected chi connectivity index (χ4v) is 1.98. The molecule has 0 atom stereocenters. The normalized spacial score (nSPS) is 11.5. The number of hydrogen-bond acceptors (Lipinski definition) is 4. The van der Waals surface area contributed by atoms with E-state index in [0.29, 0.717) is 13.1 Å². The van der Waals surface area contributed by atoms with Gasteiger partial charge in [-0.25, -0.2) is 4.68 Å². The van der Waals surface area contributed by atoms with Gasteiger partial charge in [0, 0.05) is 13.1 Å². The average molecular weight is 341 g/mol. The molecule has 1 aromatic heterocycles. The molecule has 0 radical (unpaired) electrons. The Bertz CT molecular complexity index is 684. The van der Waals surface area contributed by atoms with Crippen LogP contribution in [0.4, 0.5) is 13.2 Å². The fraction of sp³-hybridized carbons (Fsp3) is 0.400. The molecule has 0 fully saturated rings. The van der Waals surface area contributed by atoms with Gasteiger partial charge < -0.3 is 10.6 Å².